The van der Waals surface area contributed by atoms with Gasteiger partial charge in [-0.25, -0.2) is 0 Å². The zero-order chi connectivity index (χ0) is 16.5. The van der Waals surface area contributed by atoms with Crippen molar-refractivity contribution in [3.05, 3.63) is 72.3 Å². The molecule has 118 valence electrons. The van der Waals surface area contributed by atoms with E-state index >= 15 is 0 Å². The van der Waals surface area contributed by atoms with Gasteiger partial charge in [-0.1, -0.05) is 55.5 Å². The Kier molecular flexibility index (Phi) is 6.12. The van der Waals surface area contributed by atoms with Crippen LogP contribution in [0.5, 0.6) is 0 Å². The zero-order valence-electron chi connectivity index (χ0n) is 13.1. The van der Waals surface area contributed by atoms with Crippen molar-refractivity contribution in [3.63, 3.8) is 0 Å². The zero-order valence-corrected chi connectivity index (χ0v) is 13.1. The minimum Gasteiger partial charge on any atom is -0.343 e. The number of anilines is 1. The van der Waals surface area contributed by atoms with Crippen molar-refractivity contribution in [2.24, 2.45) is 0 Å². The average molecular weight is 308 g/mol. The van der Waals surface area contributed by atoms with E-state index in [2.05, 4.69) is 10.6 Å². The Morgan fingerprint density at radius 3 is 2.17 bits per heavy atom. The number of nitrogens with one attached hydrogen (secondary N) is 2. The lowest BCUT2D eigenvalue weighted by molar-refractivity contribution is -0.121. The normalized spacial score (nSPS) is 10.9. The summed E-state index contributed by atoms with van der Waals surface area (Å²) >= 11 is 0. The SMILES string of the molecule is CC/C(=C\C(=O)NCC(=O)Nc1ccccc1)c1ccccc1. The molecule has 4 heteroatoms. The van der Waals surface area contributed by atoms with E-state index in [1.54, 1.807) is 18.2 Å². The maximum Gasteiger partial charge on any atom is 0.244 e. The second-order valence-electron chi connectivity index (χ2n) is 5.02. The van der Waals surface area contributed by atoms with Crippen LogP contribution in [0.3, 0.4) is 0 Å². The first kappa shape index (κ1) is 16.5. The first-order valence-electron chi connectivity index (χ1n) is 7.57. The van der Waals surface area contributed by atoms with Crippen LogP contribution in [0.2, 0.25) is 0 Å². The molecule has 2 amide bonds. The summed E-state index contributed by atoms with van der Waals surface area (Å²) in [5.41, 5.74) is 2.66. The molecule has 0 aliphatic rings. The van der Waals surface area contributed by atoms with Gasteiger partial charge >= 0.3 is 0 Å². The maximum absolute atomic E-state index is 12.0. The molecular formula is C19H20N2O2. The number of allylic oxidation sites excluding steroid dienone is 1. The van der Waals surface area contributed by atoms with Crippen molar-refractivity contribution in [3.8, 4) is 0 Å². The number of amides is 2. The van der Waals surface area contributed by atoms with E-state index in [9.17, 15) is 9.59 Å². The minimum atomic E-state index is -0.270. The molecule has 2 aromatic carbocycles. The lowest BCUT2D eigenvalue weighted by atomic mass is 10.0. The highest BCUT2D eigenvalue weighted by atomic mass is 16.2. The Morgan fingerprint density at radius 2 is 1.57 bits per heavy atom. The number of rotatable bonds is 6. The van der Waals surface area contributed by atoms with Crippen LogP contribution in [0.1, 0.15) is 18.9 Å². The fraction of sp³-hybridized carbons (Fsp3) is 0.158. The molecule has 2 N–H and O–H groups in total. The van der Waals surface area contributed by atoms with Crippen molar-refractivity contribution >= 4 is 23.1 Å². The Hall–Kier alpha value is -2.88. The molecule has 0 unspecified atom stereocenters. The molecule has 0 heterocycles. The highest BCUT2D eigenvalue weighted by Crippen LogP contribution is 2.16. The number of para-hydroxylation sites is 1. The third kappa shape index (κ3) is 5.43. The molecule has 0 spiro atoms. The molecule has 2 aromatic rings. The van der Waals surface area contributed by atoms with E-state index in [4.69, 9.17) is 0 Å². The second kappa shape index (κ2) is 8.54. The topological polar surface area (TPSA) is 58.2 Å². The Labute approximate surface area is 136 Å². The molecule has 4 nitrogen and oxygen atoms in total. The van der Waals surface area contributed by atoms with Crippen LogP contribution in [0, 0.1) is 0 Å². The van der Waals surface area contributed by atoms with Crippen LogP contribution >= 0.6 is 0 Å². The van der Waals surface area contributed by atoms with Crippen molar-refractivity contribution in [2.75, 3.05) is 11.9 Å². The van der Waals surface area contributed by atoms with Crippen LogP contribution in [0.15, 0.2) is 66.7 Å². The quantitative estimate of drug-likeness (QED) is 0.805. The number of hydrogen-bond donors (Lipinski definition) is 2. The van der Waals surface area contributed by atoms with E-state index in [1.807, 2.05) is 55.5 Å². The highest BCUT2D eigenvalue weighted by Gasteiger charge is 2.06. The predicted molar refractivity (Wildman–Crippen MR) is 92.8 cm³/mol. The second-order valence-corrected chi connectivity index (χ2v) is 5.02. The van der Waals surface area contributed by atoms with Gasteiger partial charge in [0, 0.05) is 11.8 Å². The number of hydrogen-bond acceptors (Lipinski definition) is 2. The van der Waals surface area contributed by atoms with Gasteiger partial charge in [0.25, 0.3) is 0 Å². The highest BCUT2D eigenvalue weighted by molar-refractivity contribution is 5.99. The largest absolute Gasteiger partial charge is 0.343 e. The van der Waals surface area contributed by atoms with Gasteiger partial charge in [0.2, 0.25) is 11.8 Å². The van der Waals surface area contributed by atoms with Gasteiger partial charge in [0.15, 0.2) is 0 Å². The van der Waals surface area contributed by atoms with Gasteiger partial charge in [0.05, 0.1) is 6.54 Å². The maximum atomic E-state index is 12.0. The summed E-state index contributed by atoms with van der Waals surface area (Å²) in [6.07, 6.45) is 2.29. The third-order valence-corrected chi connectivity index (χ3v) is 3.31. The van der Waals surface area contributed by atoms with Crippen LogP contribution in [0.25, 0.3) is 5.57 Å². The lowest BCUT2D eigenvalue weighted by Crippen LogP contribution is -2.31. The summed E-state index contributed by atoms with van der Waals surface area (Å²) in [4.78, 5) is 23.8. The van der Waals surface area contributed by atoms with E-state index < -0.39 is 0 Å². The smallest absolute Gasteiger partial charge is 0.244 e. The molecule has 0 bridgehead atoms. The van der Waals surface area contributed by atoms with Crippen molar-refractivity contribution < 1.29 is 9.59 Å². The van der Waals surface area contributed by atoms with Gasteiger partial charge in [-0.2, -0.15) is 0 Å². The molecule has 0 aliphatic heterocycles. The molecule has 0 saturated carbocycles. The summed E-state index contributed by atoms with van der Waals surface area (Å²) < 4.78 is 0. The molecule has 0 aliphatic carbocycles. The monoisotopic (exact) mass is 308 g/mol. The molecule has 0 saturated heterocycles. The summed E-state index contributed by atoms with van der Waals surface area (Å²) in [5, 5.41) is 5.33. The third-order valence-electron chi connectivity index (χ3n) is 3.31. The first-order chi connectivity index (χ1) is 11.2. The Bertz CT molecular complexity index is 679. The Balaban J connectivity index is 1.89. The fourth-order valence-corrected chi connectivity index (χ4v) is 2.15. The van der Waals surface area contributed by atoms with Gasteiger partial charge < -0.3 is 10.6 Å². The summed E-state index contributed by atoms with van der Waals surface area (Å²) in [6, 6.07) is 18.9. The van der Waals surface area contributed by atoms with E-state index in [0.717, 1.165) is 17.6 Å². The van der Waals surface area contributed by atoms with E-state index in [-0.39, 0.29) is 18.4 Å². The number of carbonyl (C=O) groups excluding carboxylic acids is 2. The summed E-state index contributed by atoms with van der Waals surface area (Å²) in [5.74, 6) is -0.523. The molecule has 0 aromatic heterocycles. The summed E-state index contributed by atoms with van der Waals surface area (Å²) in [7, 11) is 0. The number of carbonyl (C=O) groups is 2. The van der Waals surface area contributed by atoms with Gasteiger partial charge in [-0.15, -0.1) is 0 Å². The molecule has 2 rings (SSSR count). The van der Waals surface area contributed by atoms with Crippen LogP contribution in [0.4, 0.5) is 5.69 Å². The first-order valence-corrected chi connectivity index (χ1v) is 7.57. The molecule has 0 fully saturated rings. The molecule has 0 radical (unpaired) electrons. The minimum absolute atomic E-state index is 0.0595. The van der Waals surface area contributed by atoms with Crippen molar-refractivity contribution in [2.45, 2.75) is 13.3 Å². The molecule has 0 atom stereocenters. The molecule has 23 heavy (non-hydrogen) atoms. The number of benzene rings is 2. The van der Waals surface area contributed by atoms with Gasteiger partial charge in [-0.05, 0) is 29.7 Å². The standard InChI is InChI=1S/C19H20N2O2/c1-2-15(16-9-5-3-6-10-16)13-18(22)20-14-19(23)21-17-11-7-4-8-12-17/h3-13H,2,14H2,1H3,(H,20,22)(H,21,23)/b15-13+. The van der Waals surface area contributed by atoms with Crippen LogP contribution < -0.4 is 10.6 Å². The van der Waals surface area contributed by atoms with Crippen molar-refractivity contribution in [1.29, 1.82) is 0 Å². The van der Waals surface area contributed by atoms with Gasteiger partial charge in [0.1, 0.15) is 0 Å². The van der Waals surface area contributed by atoms with Gasteiger partial charge in [-0.3, -0.25) is 9.59 Å². The fourth-order valence-electron chi connectivity index (χ4n) is 2.15. The van der Waals surface area contributed by atoms with E-state index in [0.29, 0.717) is 5.69 Å². The summed E-state index contributed by atoms with van der Waals surface area (Å²) in [6.45, 7) is 1.93. The van der Waals surface area contributed by atoms with Crippen molar-refractivity contribution in [1.82, 2.24) is 5.32 Å². The predicted octanol–water partition coefficient (Wildman–Crippen LogP) is 3.23. The Morgan fingerprint density at radius 1 is 0.957 bits per heavy atom. The molecular weight excluding hydrogens is 288 g/mol. The van der Waals surface area contributed by atoms with E-state index in [1.165, 1.54) is 0 Å². The van der Waals surface area contributed by atoms with Crippen LogP contribution in [-0.4, -0.2) is 18.4 Å². The lowest BCUT2D eigenvalue weighted by Gasteiger charge is -2.07. The van der Waals surface area contributed by atoms with Crippen LogP contribution in [-0.2, 0) is 9.59 Å². The average Bonchev–Trinajstić information content (AvgIpc) is 2.59.